The molecule has 0 spiro atoms. The Morgan fingerprint density at radius 1 is 1.47 bits per heavy atom. The third kappa shape index (κ3) is 5.03. The average molecular weight is 296 g/mol. The van der Waals surface area contributed by atoms with Crippen LogP contribution in [-0.4, -0.2) is 68.4 Å². The van der Waals surface area contributed by atoms with E-state index in [4.69, 9.17) is 9.84 Å². The van der Waals surface area contributed by atoms with Gasteiger partial charge < -0.3 is 14.9 Å². The van der Waals surface area contributed by atoms with Crippen molar-refractivity contribution in [3.63, 3.8) is 0 Å². The van der Waals surface area contributed by atoms with Gasteiger partial charge in [-0.15, -0.1) is 0 Å². The van der Waals surface area contributed by atoms with Gasteiger partial charge in [0.15, 0.2) is 0 Å². The van der Waals surface area contributed by atoms with E-state index >= 15 is 0 Å². The lowest BCUT2D eigenvalue weighted by Crippen LogP contribution is -2.48. The molecule has 9 heteroatoms. The molecule has 8 nitrogen and oxygen atoms in total. The lowest BCUT2D eigenvalue weighted by Gasteiger charge is -2.29. The molecule has 0 radical (unpaired) electrons. The molecule has 1 heterocycles. The minimum Gasteiger partial charge on any atom is -0.481 e. The van der Waals surface area contributed by atoms with Crippen LogP contribution >= 0.6 is 0 Å². The van der Waals surface area contributed by atoms with E-state index in [0.29, 0.717) is 12.8 Å². The molecule has 0 aromatic rings. The largest absolute Gasteiger partial charge is 0.481 e. The van der Waals surface area contributed by atoms with Crippen LogP contribution in [0.3, 0.4) is 0 Å². The molecule has 0 aromatic carbocycles. The van der Waals surface area contributed by atoms with Crippen LogP contribution in [0.1, 0.15) is 12.8 Å². The van der Waals surface area contributed by atoms with Crippen LogP contribution in [0.15, 0.2) is 0 Å². The molecule has 0 bridgehead atoms. The van der Waals surface area contributed by atoms with Crippen molar-refractivity contribution in [2.24, 2.45) is 5.92 Å². The molecule has 0 aliphatic carbocycles. The Morgan fingerprint density at radius 3 is 2.53 bits per heavy atom. The third-order valence-electron chi connectivity index (χ3n) is 3.00. The van der Waals surface area contributed by atoms with E-state index in [2.05, 4.69) is 4.72 Å². The Hall–Kier alpha value is -0.740. The molecule has 0 amide bonds. The number of carboxylic acid groups (broad SMARTS) is 1. The van der Waals surface area contributed by atoms with Gasteiger partial charge in [0.2, 0.25) is 0 Å². The first kappa shape index (κ1) is 16.3. The number of hydrogen-bond donors (Lipinski definition) is 3. The van der Waals surface area contributed by atoms with Gasteiger partial charge in [-0.2, -0.15) is 17.4 Å². The van der Waals surface area contributed by atoms with Crippen molar-refractivity contribution in [3.05, 3.63) is 0 Å². The standard InChI is InChI=1S/C10H20N2O6S/c1-18-7-9(13)6-11-19(16,17)12-4-2-8(3-5-12)10(14)15/h8-9,11,13H,2-7H2,1H3,(H,14,15). The smallest absolute Gasteiger partial charge is 0.306 e. The lowest BCUT2D eigenvalue weighted by atomic mass is 9.99. The fraction of sp³-hybridized carbons (Fsp3) is 0.900. The van der Waals surface area contributed by atoms with Gasteiger partial charge in [-0.3, -0.25) is 4.79 Å². The molecule has 1 rings (SSSR count). The molecule has 19 heavy (non-hydrogen) atoms. The first-order valence-corrected chi connectivity index (χ1v) is 7.45. The predicted octanol–water partition coefficient (Wildman–Crippen LogP) is -1.38. The highest BCUT2D eigenvalue weighted by molar-refractivity contribution is 7.87. The van der Waals surface area contributed by atoms with Gasteiger partial charge >= 0.3 is 5.97 Å². The topological polar surface area (TPSA) is 116 Å². The summed E-state index contributed by atoms with van der Waals surface area (Å²) in [6, 6.07) is 0. The van der Waals surface area contributed by atoms with E-state index < -0.39 is 28.2 Å². The van der Waals surface area contributed by atoms with Gasteiger partial charge in [-0.25, -0.2) is 0 Å². The number of methoxy groups -OCH3 is 1. The van der Waals surface area contributed by atoms with Crippen molar-refractivity contribution >= 4 is 16.2 Å². The fourth-order valence-corrected chi connectivity index (χ4v) is 3.16. The van der Waals surface area contributed by atoms with E-state index in [0.717, 1.165) is 0 Å². The predicted molar refractivity (Wildman–Crippen MR) is 66.7 cm³/mol. The Bertz CT molecular complexity index is 391. The summed E-state index contributed by atoms with van der Waals surface area (Å²) in [6.07, 6.45) is -0.301. The maximum Gasteiger partial charge on any atom is 0.306 e. The summed E-state index contributed by atoms with van der Waals surface area (Å²) in [5.74, 6) is -1.37. The summed E-state index contributed by atoms with van der Waals surface area (Å²) in [7, 11) is -2.26. The number of aliphatic carboxylic acids is 1. The van der Waals surface area contributed by atoms with Crippen LogP contribution < -0.4 is 4.72 Å². The van der Waals surface area contributed by atoms with Crippen molar-refractivity contribution in [1.82, 2.24) is 9.03 Å². The Balaban J connectivity index is 2.44. The maximum atomic E-state index is 11.9. The van der Waals surface area contributed by atoms with E-state index in [9.17, 15) is 18.3 Å². The minimum absolute atomic E-state index is 0.0452. The average Bonchev–Trinajstić information content (AvgIpc) is 2.37. The highest BCUT2D eigenvalue weighted by Gasteiger charge is 2.30. The summed E-state index contributed by atoms with van der Waals surface area (Å²) in [6.45, 7) is 0.262. The number of carbonyl (C=O) groups is 1. The Labute approximate surface area is 112 Å². The quantitative estimate of drug-likeness (QED) is 0.533. The summed E-state index contributed by atoms with van der Waals surface area (Å²) in [5, 5.41) is 18.2. The second-order valence-corrected chi connectivity index (χ2v) is 6.23. The highest BCUT2D eigenvalue weighted by Crippen LogP contribution is 2.18. The molecular weight excluding hydrogens is 276 g/mol. The van der Waals surface area contributed by atoms with Crippen LogP contribution in [0.5, 0.6) is 0 Å². The van der Waals surface area contributed by atoms with Crippen molar-refractivity contribution in [2.45, 2.75) is 18.9 Å². The molecule has 1 atom stereocenters. The number of nitrogens with one attached hydrogen (secondary N) is 1. The van der Waals surface area contributed by atoms with E-state index in [-0.39, 0.29) is 26.2 Å². The van der Waals surface area contributed by atoms with Crippen LogP contribution in [0, 0.1) is 5.92 Å². The third-order valence-corrected chi connectivity index (χ3v) is 4.58. The summed E-state index contributed by atoms with van der Waals surface area (Å²) < 4.78 is 31.9. The lowest BCUT2D eigenvalue weighted by molar-refractivity contribution is -0.142. The van der Waals surface area contributed by atoms with Gasteiger partial charge in [0.05, 0.1) is 18.6 Å². The SMILES string of the molecule is COCC(O)CNS(=O)(=O)N1CCC(C(=O)O)CC1. The number of aliphatic hydroxyl groups excluding tert-OH is 1. The van der Waals surface area contributed by atoms with E-state index in [1.165, 1.54) is 11.4 Å². The number of rotatable bonds is 7. The second kappa shape index (κ2) is 7.15. The highest BCUT2D eigenvalue weighted by atomic mass is 32.2. The Kier molecular flexibility index (Phi) is 6.14. The van der Waals surface area contributed by atoms with Gasteiger partial charge in [-0.05, 0) is 12.8 Å². The zero-order valence-electron chi connectivity index (χ0n) is 10.8. The van der Waals surface area contributed by atoms with Gasteiger partial charge in [-0.1, -0.05) is 0 Å². The van der Waals surface area contributed by atoms with Crippen molar-refractivity contribution in [3.8, 4) is 0 Å². The molecule has 1 aliphatic rings. The summed E-state index contributed by atoms with van der Waals surface area (Å²) in [4.78, 5) is 10.8. The first-order chi connectivity index (χ1) is 8.86. The summed E-state index contributed by atoms with van der Waals surface area (Å²) in [5.41, 5.74) is 0. The van der Waals surface area contributed by atoms with Crippen LogP contribution in [0.2, 0.25) is 0 Å². The van der Waals surface area contributed by atoms with Crippen LogP contribution in [-0.2, 0) is 19.7 Å². The first-order valence-electron chi connectivity index (χ1n) is 6.01. The second-order valence-electron chi connectivity index (χ2n) is 4.47. The number of aliphatic hydroxyl groups is 1. The summed E-state index contributed by atoms with van der Waals surface area (Å²) >= 11 is 0. The van der Waals surface area contributed by atoms with E-state index in [1.807, 2.05) is 0 Å². The number of piperidine rings is 1. The zero-order chi connectivity index (χ0) is 14.5. The van der Waals surface area contributed by atoms with Crippen molar-refractivity contribution in [1.29, 1.82) is 0 Å². The zero-order valence-corrected chi connectivity index (χ0v) is 11.6. The van der Waals surface area contributed by atoms with Gasteiger partial charge in [0.1, 0.15) is 0 Å². The molecule has 3 N–H and O–H groups in total. The Morgan fingerprint density at radius 2 is 2.05 bits per heavy atom. The molecule has 0 saturated carbocycles. The van der Waals surface area contributed by atoms with Crippen molar-refractivity contribution in [2.75, 3.05) is 33.4 Å². The van der Waals surface area contributed by atoms with Crippen LogP contribution in [0.4, 0.5) is 0 Å². The maximum absolute atomic E-state index is 11.9. The molecule has 1 aliphatic heterocycles. The number of ether oxygens (including phenoxy) is 1. The number of carboxylic acids is 1. The monoisotopic (exact) mass is 296 g/mol. The van der Waals surface area contributed by atoms with Crippen LogP contribution in [0.25, 0.3) is 0 Å². The molecule has 1 unspecified atom stereocenters. The number of nitrogens with zero attached hydrogens (tertiary/aromatic N) is 1. The minimum atomic E-state index is -3.67. The van der Waals surface area contributed by atoms with Gasteiger partial charge in [0.25, 0.3) is 10.2 Å². The van der Waals surface area contributed by atoms with Crippen molar-refractivity contribution < 1.29 is 28.2 Å². The molecule has 1 fully saturated rings. The van der Waals surface area contributed by atoms with E-state index in [1.54, 1.807) is 0 Å². The molecule has 1 saturated heterocycles. The van der Waals surface area contributed by atoms with Gasteiger partial charge in [0, 0.05) is 26.7 Å². The molecule has 0 aromatic heterocycles. The normalized spacial score (nSPS) is 20.3. The molecular formula is C10H20N2O6S. The fourth-order valence-electron chi connectivity index (χ4n) is 1.89. The number of hydrogen-bond acceptors (Lipinski definition) is 5. The molecule has 112 valence electrons.